The lowest BCUT2D eigenvalue weighted by atomic mass is 10.2. The lowest BCUT2D eigenvalue weighted by Gasteiger charge is -2.34. The van der Waals surface area contributed by atoms with Crippen LogP contribution in [0.2, 0.25) is 0 Å². The molecule has 0 N–H and O–H groups in total. The van der Waals surface area contributed by atoms with Crippen LogP contribution in [0.5, 0.6) is 0 Å². The lowest BCUT2D eigenvalue weighted by molar-refractivity contribution is 0.0749. The van der Waals surface area contributed by atoms with Gasteiger partial charge in [-0.3, -0.25) is 4.79 Å². The van der Waals surface area contributed by atoms with E-state index in [2.05, 4.69) is 0 Å². The van der Waals surface area contributed by atoms with E-state index in [-0.39, 0.29) is 5.91 Å². The minimum absolute atomic E-state index is 0.202. The van der Waals surface area contributed by atoms with Gasteiger partial charge in [0.2, 0.25) is 0 Å². The molecule has 98 valence electrons. The molecule has 1 heterocycles. The number of benzene rings is 1. The number of carbonyl (C=O) groups is 1. The largest absolute Gasteiger partial charge is 0.320 e. The Balaban J connectivity index is 2.28. The van der Waals surface area contributed by atoms with E-state index in [0.717, 1.165) is 5.75 Å². The highest BCUT2D eigenvalue weighted by Gasteiger charge is 2.34. The fourth-order valence-corrected chi connectivity index (χ4v) is 4.73. The van der Waals surface area contributed by atoms with Gasteiger partial charge in [0.1, 0.15) is 5.37 Å². The fraction of sp³-hybridized carbons (Fsp3) is 0.417. The van der Waals surface area contributed by atoms with Crippen LogP contribution in [-0.4, -0.2) is 48.9 Å². The first-order chi connectivity index (χ1) is 8.50. The SMILES string of the molecule is CS(=O)(=O)C1CSCCN1C(=O)c1ccccc1. The van der Waals surface area contributed by atoms with Gasteiger partial charge in [0.05, 0.1) is 0 Å². The minimum atomic E-state index is -3.24. The highest BCUT2D eigenvalue weighted by atomic mass is 32.2. The van der Waals surface area contributed by atoms with Crippen molar-refractivity contribution >= 4 is 27.5 Å². The predicted molar refractivity (Wildman–Crippen MR) is 73.4 cm³/mol. The number of amides is 1. The molecular formula is C12H15NO3S2. The van der Waals surface area contributed by atoms with Crippen molar-refractivity contribution < 1.29 is 13.2 Å². The molecule has 1 fully saturated rings. The Kier molecular flexibility index (Phi) is 3.97. The van der Waals surface area contributed by atoms with Gasteiger partial charge in [-0.1, -0.05) is 18.2 Å². The minimum Gasteiger partial charge on any atom is -0.320 e. The third-order valence-electron chi connectivity index (χ3n) is 2.86. The van der Waals surface area contributed by atoms with Crippen molar-refractivity contribution in [1.82, 2.24) is 4.90 Å². The highest BCUT2D eigenvalue weighted by molar-refractivity contribution is 8.00. The second kappa shape index (κ2) is 5.32. The maximum absolute atomic E-state index is 12.3. The van der Waals surface area contributed by atoms with Crippen LogP contribution in [-0.2, 0) is 9.84 Å². The lowest BCUT2D eigenvalue weighted by Crippen LogP contribution is -2.49. The Labute approximate surface area is 111 Å². The number of nitrogens with zero attached hydrogens (tertiary/aromatic N) is 1. The molecule has 1 saturated heterocycles. The molecule has 0 saturated carbocycles. The third kappa shape index (κ3) is 2.87. The summed E-state index contributed by atoms with van der Waals surface area (Å²) in [6, 6.07) is 8.81. The summed E-state index contributed by atoms with van der Waals surface area (Å²) in [6.07, 6.45) is 1.19. The van der Waals surface area contributed by atoms with Crippen LogP contribution in [0.1, 0.15) is 10.4 Å². The number of thioether (sulfide) groups is 1. The van der Waals surface area contributed by atoms with Gasteiger partial charge in [-0.2, -0.15) is 11.8 Å². The maximum atomic E-state index is 12.3. The van der Waals surface area contributed by atoms with E-state index < -0.39 is 15.2 Å². The molecule has 0 radical (unpaired) electrons. The highest BCUT2D eigenvalue weighted by Crippen LogP contribution is 2.22. The second-order valence-corrected chi connectivity index (χ2v) is 7.58. The van der Waals surface area contributed by atoms with Crippen LogP contribution in [0.25, 0.3) is 0 Å². The number of carbonyl (C=O) groups excluding carboxylic acids is 1. The van der Waals surface area contributed by atoms with E-state index in [0.29, 0.717) is 17.9 Å². The van der Waals surface area contributed by atoms with Crippen LogP contribution >= 0.6 is 11.8 Å². The summed E-state index contributed by atoms with van der Waals surface area (Å²) in [6.45, 7) is 0.482. The molecule has 1 aromatic rings. The molecule has 6 heteroatoms. The van der Waals surface area contributed by atoms with Gasteiger partial charge in [0.15, 0.2) is 9.84 Å². The topological polar surface area (TPSA) is 54.5 Å². The van der Waals surface area contributed by atoms with Gasteiger partial charge in [0.25, 0.3) is 5.91 Å². The van der Waals surface area contributed by atoms with Crippen LogP contribution < -0.4 is 0 Å². The first kappa shape index (κ1) is 13.4. The standard InChI is InChI=1S/C12H15NO3S2/c1-18(15,16)11-9-17-8-7-13(11)12(14)10-5-3-2-4-6-10/h2-6,11H,7-9H2,1H3. The third-order valence-corrected chi connectivity index (χ3v) is 5.50. The number of hydrogen-bond donors (Lipinski definition) is 0. The van der Waals surface area contributed by atoms with Crippen LogP contribution in [0.3, 0.4) is 0 Å². The summed E-state index contributed by atoms with van der Waals surface area (Å²) in [7, 11) is -3.24. The average Bonchev–Trinajstić information content (AvgIpc) is 2.38. The van der Waals surface area contributed by atoms with E-state index in [1.807, 2.05) is 6.07 Å². The molecule has 0 aliphatic carbocycles. The molecule has 0 aromatic heterocycles. The maximum Gasteiger partial charge on any atom is 0.254 e. The molecule has 1 aliphatic rings. The van der Waals surface area contributed by atoms with Crippen molar-refractivity contribution in [2.75, 3.05) is 24.3 Å². The second-order valence-electron chi connectivity index (χ2n) is 4.22. The van der Waals surface area contributed by atoms with E-state index in [4.69, 9.17) is 0 Å². The van der Waals surface area contributed by atoms with E-state index in [1.54, 1.807) is 36.0 Å². The normalized spacial score (nSPS) is 20.7. The number of hydrogen-bond acceptors (Lipinski definition) is 4. The van der Waals surface area contributed by atoms with Gasteiger partial charge in [-0.15, -0.1) is 0 Å². The zero-order valence-electron chi connectivity index (χ0n) is 10.1. The number of rotatable bonds is 2. The first-order valence-corrected chi connectivity index (χ1v) is 8.73. The van der Waals surface area contributed by atoms with Crippen molar-refractivity contribution in [2.24, 2.45) is 0 Å². The van der Waals surface area contributed by atoms with Gasteiger partial charge >= 0.3 is 0 Å². The zero-order chi connectivity index (χ0) is 13.2. The smallest absolute Gasteiger partial charge is 0.254 e. The Hall–Kier alpha value is -1.01. The molecule has 4 nitrogen and oxygen atoms in total. The molecule has 1 aliphatic heterocycles. The predicted octanol–water partition coefficient (Wildman–Crippen LogP) is 1.25. The van der Waals surface area contributed by atoms with Crippen molar-refractivity contribution in [2.45, 2.75) is 5.37 Å². The summed E-state index contributed by atoms with van der Waals surface area (Å²) in [5, 5.41) is -0.705. The van der Waals surface area contributed by atoms with Crippen molar-refractivity contribution in [3.63, 3.8) is 0 Å². The summed E-state index contributed by atoms with van der Waals surface area (Å²) >= 11 is 1.57. The van der Waals surface area contributed by atoms with Crippen LogP contribution in [0.4, 0.5) is 0 Å². The van der Waals surface area contributed by atoms with E-state index in [1.165, 1.54) is 11.2 Å². The fourth-order valence-electron chi connectivity index (χ4n) is 1.91. The van der Waals surface area contributed by atoms with Crippen LogP contribution in [0.15, 0.2) is 30.3 Å². The van der Waals surface area contributed by atoms with E-state index >= 15 is 0 Å². The molecule has 1 aromatic carbocycles. The van der Waals surface area contributed by atoms with Gasteiger partial charge in [-0.05, 0) is 12.1 Å². The molecule has 1 amide bonds. The zero-order valence-corrected chi connectivity index (χ0v) is 11.7. The van der Waals surface area contributed by atoms with Gasteiger partial charge in [0, 0.05) is 29.9 Å². The monoisotopic (exact) mass is 285 g/mol. The quantitative estimate of drug-likeness (QED) is 0.820. The number of sulfone groups is 1. The molecule has 0 bridgehead atoms. The van der Waals surface area contributed by atoms with Gasteiger partial charge < -0.3 is 4.90 Å². The first-order valence-electron chi connectivity index (χ1n) is 5.63. The summed E-state index contributed by atoms with van der Waals surface area (Å²) in [4.78, 5) is 13.8. The Morgan fingerprint density at radius 1 is 1.33 bits per heavy atom. The molecule has 1 unspecified atom stereocenters. The Morgan fingerprint density at radius 2 is 2.00 bits per heavy atom. The van der Waals surface area contributed by atoms with E-state index in [9.17, 15) is 13.2 Å². The molecule has 1 atom stereocenters. The molecule has 2 rings (SSSR count). The Morgan fingerprint density at radius 3 is 2.61 bits per heavy atom. The average molecular weight is 285 g/mol. The summed E-state index contributed by atoms with van der Waals surface area (Å²) < 4.78 is 23.5. The molecular weight excluding hydrogens is 270 g/mol. The van der Waals surface area contributed by atoms with Crippen LogP contribution in [0, 0.1) is 0 Å². The van der Waals surface area contributed by atoms with Crippen molar-refractivity contribution in [1.29, 1.82) is 0 Å². The molecule has 0 spiro atoms. The Bertz CT molecular complexity index is 528. The summed E-state index contributed by atoms with van der Waals surface area (Å²) in [5.74, 6) is 1.04. The molecule has 18 heavy (non-hydrogen) atoms. The van der Waals surface area contributed by atoms with Gasteiger partial charge in [-0.25, -0.2) is 8.42 Å². The summed E-state index contributed by atoms with van der Waals surface area (Å²) in [5.41, 5.74) is 0.540. The van der Waals surface area contributed by atoms with Crippen molar-refractivity contribution in [3.05, 3.63) is 35.9 Å². The van der Waals surface area contributed by atoms with Crippen molar-refractivity contribution in [3.8, 4) is 0 Å².